The van der Waals surface area contributed by atoms with Crippen molar-refractivity contribution in [2.75, 3.05) is 0 Å². The smallest absolute Gasteiger partial charge is 0.126 e. The molecule has 3 rings (SSSR count). The Kier molecular flexibility index (Phi) is 2.85. The van der Waals surface area contributed by atoms with Crippen LogP contribution in [-0.4, -0.2) is 10.1 Å². The summed E-state index contributed by atoms with van der Waals surface area (Å²) in [4.78, 5) is 4.56. The molecule has 1 N–H and O–H groups in total. The molecule has 1 fully saturated rings. The third-order valence-corrected chi connectivity index (χ3v) is 4.88. The minimum atomic E-state index is -0.700. The molecule has 1 heterocycles. The molecular weight excluding hydrogens is 254 g/mol. The fourth-order valence-electron chi connectivity index (χ4n) is 2.45. The maximum absolute atomic E-state index is 10.6. The van der Waals surface area contributed by atoms with Gasteiger partial charge in [0.2, 0.25) is 0 Å². The van der Waals surface area contributed by atoms with Gasteiger partial charge in [-0.1, -0.05) is 30.9 Å². The Labute approximate surface area is 109 Å². The molecule has 17 heavy (non-hydrogen) atoms. The number of thiazole rings is 1. The topological polar surface area (TPSA) is 33.1 Å². The van der Waals surface area contributed by atoms with Crippen molar-refractivity contribution in [3.8, 4) is 0 Å². The van der Waals surface area contributed by atoms with Gasteiger partial charge in [0.15, 0.2) is 0 Å². The standard InChI is InChI=1S/C13H14ClNOS/c14-9-4-5-10-11(8-9)17-12(15-10)13(16)6-2-1-3-7-13/h4-5,8,16H,1-3,6-7H2. The molecule has 0 amide bonds. The number of fused-ring (bicyclic) bond motifs is 1. The summed E-state index contributed by atoms with van der Waals surface area (Å²) in [6.07, 6.45) is 5.07. The Morgan fingerprint density at radius 2 is 2.00 bits per heavy atom. The van der Waals surface area contributed by atoms with Crippen molar-refractivity contribution >= 4 is 33.2 Å². The zero-order chi connectivity index (χ0) is 11.9. The first kappa shape index (κ1) is 11.5. The predicted molar refractivity (Wildman–Crippen MR) is 71.6 cm³/mol. The van der Waals surface area contributed by atoms with E-state index in [4.69, 9.17) is 11.6 Å². The summed E-state index contributed by atoms with van der Waals surface area (Å²) in [7, 11) is 0. The van der Waals surface area contributed by atoms with E-state index in [1.54, 1.807) is 11.3 Å². The summed E-state index contributed by atoms with van der Waals surface area (Å²) in [5, 5.41) is 12.2. The molecule has 0 radical (unpaired) electrons. The van der Waals surface area contributed by atoms with Crippen molar-refractivity contribution < 1.29 is 5.11 Å². The van der Waals surface area contributed by atoms with Gasteiger partial charge in [-0.3, -0.25) is 0 Å². The molecule has 2 nitrogen and oxygen atoms in total. The average molecular weight is 268 g/mol. The number of aromatic nitrogens is 1. The fraction of sp³-hybridized carbons (Fsp3) is 0.462. The Balaban J connectivity index is 2.05. The minimum absolute atomic E-state index is 0.700. The van der Waals surface area contributed by atoms with Crippen molar-refractivity contribution in [2.45, 2.75) is 37.7 Å². The van der Waals surface area contributed by atoms with E-state index in [9.17, 15) is 5.11 Å². The summed E-state index contributed by atoms with van der Waals surface area (Å²) in [5.74, 6) is 0. The molecule has 0 bridgehead atoms. The van der Waals surface area contributed by atoms with E-state index in [1.165, 1.54) is 6.42 Å². The van der Waals surface area contributed by atoms with Gasteiger partial charge in [-0.2, -0.15) is 0 Å². The third kappa shape index (κ3) is 2.07. The molecule has 0 aliphatic heterocycles. The number of halogens is 1. The summed E-state index contributed by atoms with van der Waals surface area (Å²) in [5.41, 5.74) is 0.238. The maximum Gasteiger partial charge on any atom is 0.126 e. The Morgan fingerprint density at radius 1 is 1.24 bits per heavy atom. The van der Waals surface area contributed by atoms with Gasteiger partial charge in [0.1, 0.15) is 10.6 Å². The van der Waals surface area contributed by atoms with E-state index in [-0.39, 0.29) is 0 Å². The van der Waals surface area contributed by atoms with E-state index in [0.717, 1.165) is 45.9 Å². The zero-order valence-electron chi connectivity index (χ0n) is 9.45. The number of rotatable bonds is 1. The summed E-state index contributed by atoms with van der Waals surface area (Å²) in [6.45, 7) is 0. The average Bonchev–Trinajstić information content (AvgIpc) is 2.73. The molecule has 0 spiro atoms. The number of aliphatic hydroxyl groups is 1. The molecule has 2 aromatic rings. The highest BCUT2D eigenvalue weighted by Gasteiger charge is 2.34. The van der Waals surface area contributed by atoms with Crippen LogP contribution in [0.2, 0.25) is 5.02 Å². The lowest BCUT2D eigenvalue weighted by atomic mass is 9.85. The largest absolute Gasteiger partial charge is 0.383 e. The fourth-order valence-corrected chi connectivity index (χ4v) is 3.84. The first-order valence-electron chi connectivity index (χ1n) is 5.96. The lowest BCUT2D eigenvalue weighted by molar-refractivity contribution is -0.000627. The van der Waals surface area contributed by atoms with Crippen LogP contribution in [0.15, 0.2) is 18.2 Å². The molecule has 1 aliphatic rings. The molecule has 1 aromatic heterocycles. The van der Waals surface area contributed by atoms with Crippen LogP contribution in [0.5, 0.6) is 0 Å². The van der Waals surface area contributed by atoms with Crippen molar-refractivity contribution in [1.82, 2.24) is 4.98 Å². The Hall–Kier alpha value is -0.640. The molecule has 1 aliphatic carbocycles. The first-order chi connectivity index (χ1) is 8.17. The molecular formula is C13H14ClNOS. The molecule has 0 unspecified atom stereocenters. The van der Waals surface area contributed by atoms with Gasteiger partial charge in [0, 0.05) is 5.02 Å². The molecule has 4 heteroatoms. The second-order valence-corrected chi connectivity index (χ2v) is 6.19. The normalized spacial score (nSPS) is 19.6. The highest BCUT2D eigenvalue weighted by Crippen LogP contribution is 2.40. The van der Waals surface area contributed by atoms with Gasteiger partial charge in [-0.05, 0) is 31.0 Å². The summed E-state index contributed by atoms with van der Waals surface area (Å²) in [6, 6.07) is 5.69. The highest BCUT2D eigenvalue weighted by molar-refractivity contribution is 7.18. The highest BCUT2D eigenvalue weighted by atomic mass is 35.5. The zero-order valence-corrected chi connectivity index (χ0v) is 11.0. The molecule has 1 aromatic carbocycles. The number of benzene rings is 1. The van der Waals surface area contributed by atoms with Crippen LogP contribution >= 0.6 is 22.9 Å². The van der Waals surface area contributed by atoms with Gasteiger partial charge >= 0.3 is 0 Å². The number of hydrogen-bond donors (Lipinski definition) is 1. The van der Waals surface area contributed by atoms with Crippen LogP contribution < -0.4 is 0 Å². The van der Waals surface area contributed by atoms with Gasteiger partial charge < -0.3 is 5.11 Å². The molecule has 0 atom stereocenters. The predicted octanol–water partition coefficient (Wildman–Crippen LogP) is 4.10. The second-order valence-electron chi connectivity index (χ2n) is 4.72. The van der Waals surface area contributed by atoms with Gasteiger partial charge in [-0.25, -0.2) is 4.98 Å². The Morgan fingerprint density at radius 3 is 2.76 bits per heavy atom. The van der Waals surface area contributed by atoms with Crippen molar-refractivity contribution in [3.63, 3.8) is 0 Å². The summed E-state index contributed by atoms with van der Waals surface area (Å²) < 4.78 is 1.06. The van der Waals surface area contributed by atoms with Crippen LogP contribution in [0.1, 0.15) is 37.1 Å². The molecule has 90 valence electrons. The van der Waals surface area contributed by atoms with E-state index >= 15 is 0 Å². The van der Waals surface area contributed by atoms with Gasteiger partial charge in [0.25, 0.3) is 0 Å². The van der Waals surface area contributed by atoms with Crippen LogP contribution in [0.4, 0.5) is 0 Å². The van der Waals surface area contributed by atoms with Gasteiger partial charge in [-0.15, -0.1) is 11.3 Å². The lowest BCUT2D eigenvalue weighted by Gasteiger charge is -2.29. The monoisotopic (exact) mass is 267 g/mol. The van der Waals surface area contributed by atoms with Crippen molar-refractivity contribution in [2.24, 2.45) is 0 Å². The van der Waals surface area contributed by atoms with Gasteiger partial charge in [0.05, 0.1) is 10.2 Å². The Bertz CT molecular complexity index is 545. The quantitative estimate of drug-likeness (QED) is 0.844. The number of hydrogen-bond acceptors (Lipinski definition) is 3. The third-order valence-electron chi connectivity index (χ3n) is 3.43. The van der Waals surface area contributed by atoms with Crippen LogP contribution in [0, 0.1) is 0 Å². The van der Waals surface area contributed by atoms with Crippen LogP contribution in [-0.2, 0) is 5.60 Å². The first-order valence-corrected chi connectivity index (χ1v) is 7.16. The molecule has 0 saturated heterocycles. The minimum Gasteiger partial charge on any atom is -0.383 e. The van der Waals surface area contributed by atoms with E-state index in [2.05, 4.69) is 4.98 Å². The maximum atomic E-state index is 10.6. The number of nitrogens with zero attached hydrogens (tertiary/aromatic N) is 1. The second kappa shape index (κ2) is 4.23. The lowest BCUT2D eigenvalue weighted by Crippen LogP contribution is -2.28. The van der Waals surface area contributed by atoms with E-state index in [0.29, 0.717) is 0 Å². The van der Waals surface area contributed by atoms with Crippen molar-refractivity contribution in [3.05, 3.63) is 28.2 Å². The van der Waals surface area contributed by atoms with E-state index < -0.39 is 5.60 Å². The SMILES string of the molecule is OC1(c2nc3ccc(Cl)cc3s2)CCCCC1. The van der Waals surface area contributed by atoms with E-state index in [1.807, 2.05) is 18.2 Å². The molecule has 1 saturated carbocycles. The van der Waals surface area contributed by atoms with Crippen LogP contribution in [0.25, 0.3) is 10.2 Å². The summed E-state index contributed by atoms with van der Waals surface area (Å²) >= 11 is 7.54. The van der Waals surface area contributed by atoms with Crippen LogP contribution in [0.3, 0.4) is 0 Å². The van der Waals surface area contributed by atoms with Crippen molar-refractivity contribution in [1.29, 1.82) is 0 Å².